The van der Waals surface area contributed by atoms with E-state index in [0.29, 0.717) is 25.7 Å². The first kappa shape index (κ1) is 13.8. The van der Waals surface area contributed by atoms with E-state index in [2.05, 4.69) is 12.1 Å². The zero-order chi connectivity index (χ0) is 12.6. The van der Waals surface area contributed by atoms with E-state index in [1.54, 1.807) is 0 Å². The summed E-state index contributed by atoms with van der Waals surface area (Å²) in [5, 5.41) is 0. The van der Waals surface area contributed by atoms with Crippen LogP contribution in [0.2, 0.25) is 0 Å². The van der Waals surface area contributed by atoms with Gasteiger partial charge in [0.1, 0.15) is 0 Å². The number of hydrogen-bond acceptors (Lipinski definition) is 3. The molecule has 1 heterocycles. The molecule has 1 aromatic carbocycles. The monoisotopic (exact) mass is 270 g/mol. The van der Waals surface area contributed by atoms with Crippen LogP contribution < -0.4 is 0 Å². The normalized spacial score (nSPS) is 24.1. The van der Waals surface area contributed by atoms with E-state index in [0.717, 1.165) is 12.8 Å². The standard InChI is InChI=1S/C14H19ClO3/c15-8-9-16-14-7-6-13(11-18-14)17-10-12-4-2-1-3-5-12/h1-5,13-14H,6-11H2/t13-,14+/m1/s1. The molecule has 0 N–H and O–H groups in total. The fourth-order valence-corrected chi connectivity index (χ4v) is 2.02. The minimum atomic E-state index is -0.111. The minimum Gasteiger partial charge on any atom is -0.371 e. The lowest BCUT2D eigenvalue weighted by Crippen LogP contribution is -2.33. The van der Waals surface area contributed by atoms with Crippen molar-refractivity contribution in [2.75, 3.05) is 19.1 Å². The molecular weight excluding hydrogens is 252 g/mol. The fraction of sp³-hybridized carbons (Fsp3) is 0.571. The number of alkyl halides is 1. The van der Waals surface area contributed by atoms with Crippen LogP contribution in [0.3, 0.4) is 0 Å². The van der Waals surface area contributed by atoms with Gasteiger partial charge < -0.3 is 14.2 Å². The summed E-state index contributed by atoms with van der Waals surface area (Å²) >= 11 is 5.56. The van der Waals surface area contributed by atoms with E-state index in [-0.39, 0.29) is 12.4 Å². The maximum absolute atomic E-state index is 5.82. The first-order valence-electron chi connectivity index (χ1n) is 6.33. The van der Waals surface area contributed by atoms with E-state index in [1.807, 2.05) is 18.2 Å². The molecular formula is C14H19ClO3. The predicted molar refractivity (Wildman–Crippen MR) is 70.7 cm³/mol. The molecule has 1 fully saturated rings. The molecule has 1 aliphatic heterocycles. The van der Waals surface area contributed by atoms with Crippen molar-refractivity contribution in [2.24, 2.45) is 0 Å². The highest BCUT2D eigenvalue weighted by Crippen LogP contribution is 2.18. The van der Waals surface area contributed by atoms with Crippen molar-refractivity contribution in [3.8, 4) is 0 Å². The Morgan fingerprint density at radius 1 is 1.17 bits per heavy atom. The maximum atomic E-state index is 5.82. The van der Waals surface area contributed by atoms with Crippen molar-refractivity contribution in [2.45, 2.75) is 31.8 Å². The van der Waals surface area contributed by atoms with Crippen LogP contribution in [0.15, 0.2) is 30.3 Å². The van der Waals surface area contributed by atoms with Crippen LogP contribution in [-0.4, -0.2) is 31.5 Å². The van der Waals surface area contributed by atoms with Crippen LogP contribution >= 0.6 is 11.6 Å². The molecule has 2 rings (SSSR count). The molecule has 0 aromatic heterocycles. The third-order valence-corrected chi connectivity index (χ3v) is 3.06. The summed E-state index contributed by atoms with van der Waals surface area (Å²) in [6, 6.07) is 10.2. The second kappa shape index (κ2) is 7.74. The Morgan fingerprint density at radius 2 is 2.00 bits per heavy atom. The molecule has 1 aliphatic rings. The lowest BCUT2D eigenvalue weighted by atomic mass is 10.1. The summed E-state index contributed by atoms with van der Waals surface area (Å²) in [6.07, 6.45) is 1.90. The topological polar surface area (TPSA) is 27.7 Å². The van der Waals surface area contributed by atoms with Gasteiger partial charge in [-0.1, -0.05) is 30.3 Å². The van der Waals surface area contributed by atoms with E-state index < -0.39 is 0 Å². The number of ether oxygens (including phenoxy) is 3. The summed E-state index contributed by atoms with van der Waals surface area (Å²) in [5.41, 5.74) is 1.19. The van der Waals surface area contributed by atoms with Crippen LogP contribution in [0.4, 0.5) is 0 Å². The van der Waals surface area contributed by atoms with Gasteiger partial charge >= 0.3 is 0 Å². The van der Waals surface area contributed by atoms with Crippen molar-refractivity contribution in [1.29, 1.82) is 0 Å². The van der Waals surface area contributed by atoms with Crippen molar-refractivity contribution < 1.29 is 14.2 Å². The lowest BCUT2D eigenvalue weighted by Gasteiger charge is -2.28. The molecule has 0 spiro atoms. The second-order valence-electron chi connectivity index (χ2n) is 4.32. The van der Waals surface area contributed by atoms with Crippen LogP contribution in [0.1, 0.15) is 18.4 Å². The molecule has 0 aliphatic carbocycles. The van der Waals surface area contributed by atoms with E-state index in [9.17, 15) is 0 Å². The lowest BCUT2D eigenvalue weighted by molar-refractivity contribution is -0.193. The Hall–Kier alpha value is -0.610. The van der Waals surface area contributed by atoms with Crippen molar-refractivity contribution in [3.63, 3.8) is 0 Å². The average Bonchev–Trinajstić information content (AvgIpc) is 2.45. The van der Waals surface area contributed by atoms with Gasteiger partial charge in [0.25, 0.3) is 0 Å². The van der Waals surface area contributed by atoms with Crippen molar-refractivity contribution >= 4 is 11.6 Å². The van der Waals surface area contributed by atoms with Gasteiger partial charge in [0.05, 0.1) is 25.9 Å². The molecule has 0 radical (unpaired) electrons. The van der Waals surface area contributed by atoms with Crippen LogP contribution in [-0.2, 0) is 20.8 Å². The van der Waals surface area contributed by atoms with E-state index in [4.69, 9.17) is 25.8 Å². The Morgan fingerprint density at radius 3 is 2.67 bits per heavy atom. The van der Waals surface area contributed by atoms with Crippen LogP contribution in [0.5, 0.6) is 0 Å². The van der Waals surface area contributed by atoms with Crippen LogP contribution in [0, 0.1) is 0 Å². The number of rotatable bonds is 6. The third kappa shape index (κ3) is 4.58. The predicted octanol–water partition coefficient (Wildman–Crippen LogP) is 2.96. The highest BCUT2D eigenvalue weighted by atomic mass is 35.5. The Labute approximate surface area is 113 Å². The molecule has 0 bridgehead atoms. The summed E-state index contributed by atoms with van der Waals surface area (Å²) in [7, 11) is 0. The molecule has 0 unspecified atom stereocenters. The molecule has 2 atom stereocenters. The SMILES string of the molecule is ClCCO[C@@H]1CC[C@@H](OCc2ccccc2)CO1. The van der Waals surface area contributed by atoms with Gasteiger partial charge in [-0.2, -0.15) is 0 Å². The zero-order valence-electron chi connectivity index (χ0n) is 10.4. The molecule has 0 amide bonds. The largest absolute Gasteiger partial charge is 0.371 e. The van der Waals surface area contributed by atoms with Gasteiger partial charge in [-0.15, -0.1) is 11.6 Å². The fourth-order valence-electron chi connectivity index (χ4n) is 1.93. The Bertz CT molecular complexity index is 323. The number of benzene rings is 1. The van der Waals surface area contributed by atoms with E-state index >= 15 is 0 Å². The van der Waals surface area contributed by atoms with Gasteiger partial charge in [-0.3, -0.25) is 0 Å². The Balaban J connectivity index is 1.65. The summed E-state index contributed by atoms with van der Waals surface area (Å²) in [6.45, 7) is 1.78. The minimum absolute atomic E-state index is 0.111. The third-order valence-electron chi connectivity index (χ3n) is 2.90. The molecule has 0 saturated carbocycles. The van der Waals surface area contributed by atoms with Gasteiger partial charge in [0.2, 0.25) is 0 Å². The quantitative estimate of drug-likeness (QED) is 0.744. The maximum Gasteiger partial charge on any atom is 0.157 e. The first-order chi connectivity index (χ1) is 8.88. The second-order valence-corrected chi connectivity index (χ2v) is 4.70. The highest BCUT2D eigenvalue weighted by molar-refractivity contribution is 6.17. The van der Waals surface area contributed by atoms with Gasteiger partial charge in [-0.25, -0.2) is 0 Å². The molecule has 18 heavy (non-hydrogen) atoms. The molecule has 1 aromatic rings. The molecule has 100 valence electrons. The first-order valence-corrected chi connectivity index (χ1v) is 6.86. The summed E-state index contributed by atoms with van der Waals surface area (Å²) in [4.78, 5) is 0. The smallest absolute Gasteiger partial charge is 0.157 e. The Kier molecular flexibility index (Phi) is 5.94. The van der Waals surface area contributed by atoms with Gasteiger partial charge in [0, 0.05) is 12.3 Å². The van der Waals surface area contributed by atoms with Crippen LogP contribution in [0.25, 0.3) is 0 Å². The number of halogens is 1. The van der Waals surface area contributed by atoms with Crippen molar-refractivity contribution in [1.82, 2.24) is 0 Å². The average molecular weight is 271 g/mol. The van der Waals surface area contributed by atoms with Gasteiger partial charge in [-0.05, 0) is 12.0 Å². The molecule has 3 nitrogen and oxygen atoms in total. The summed E-state index contributed by atoms with van der Waals surface area (Å²) in [5.74, 6) is 0.508. The zero-order valence-corrected chi connectivity index (χ0v) is 11.1. The molecule has 4 heteroatoms. The molecule has 1 saturated heterocycles. The van der Waals surface area contributed by atoms with E-state index in [1.165, 1.54) is 5.56 Å². The number of hydrogen-bond donors (Lipinski definition) is 0. The van der Waals surface area contributed by atoms with Gasteiger partial charge in [0.15, 0.2) is 6.29 Å². The summed E-state index contributed by atoms with van der Waals surface area (Å²) < 4.78 is 16.8. The highest BCUT2D eigenvalue weighted by Gasteiger charge is 2.22. The van der Waals surface area contributed by atoms with Crippen molar-refractivity contribution in [3.05, 3.63) is 35.9 Å².